The topological polar surface area (TPSA) is 24.7 Å². The lowest BCUT2D eigenvalue weighted by Crippen LogP contribution is -2.30. The predicted octanol–water partition coefficient (Wildman–Crippen LogP) is 11.9. The van der Waals surface area contributed by atoms with Gasteiger partial charge in [-0.15, -0.1) is 11.3 Å². The second-order valence-electron chi connectivity index (χ2n) is 14.8. The van der Waals surface area contributed by atoms with Gasteiger partial charge in [-0.25, -0.2) is 0 Å². The monoisotopic (exact) mass is 702 g/mol. The van der Waals surface area contributed by atoms with Crippen molar-refractivity contribution in [3.8, 4) is 0 Å². The average Bonchev–Trinajstić information content (AvgIpc) is 3.96. The molecule has 1 saturated carbocycles. The summed E-state index contributed by atoms with van der Waals surface area (Å²) in [5.41, 5.74) is 11.1. The van der Waals surface area contributed by atoms with Gasteiger partial charge in [-0.2, -0.15) is 0 Å². The fourth-order valence-corrected chi connectivity index (χ4v) is 16.7. The van der Waals surface area contributed by atoms with Gasteiger partial charge in [0.1, 0.15) is 0 Å². The van der Waals surface area contributed by atoms with Crippen molar-refractivity contribution in [1.82, 2.24) is 0 Å². The molecule has 9 rings (SSSR count). The number of aliphatic imine (C=N–C) groups is 2. The minimum Gasteiger partial charge on any atom is -0.252 e. The van der Waals surface area contributed by atoms with E-state index >= 15 is 0 Å². The van der Waals surface area contributed by atoms with Crippen molar-refractivity contribution in [3.05, 3.63) is 181 Å². The van der Waals surface area contributed by atoms with Gasteiger partial charge < -0.3 is 0 Å². The van der Waals surface area contributed by atoms with Crippen LogP contribution in [0.25, 0.3) is 11.1 Å². The third-order valence-electron chi connectivity index (χ3n) is 11.0. The Morgan fingerprint density at radius 2 is 0.980 bits per heavy atom. The molecule has 0 atom stereocenters. The van der Waals surface area contributed by atoms with E-state index < -0.39 is 6.04 Å². The lowest BCUT2D eigenvalue weighted by atomic mass is 9.81. The first-order valence-electron chi connectivity index (χ1n) is 17.6. The van der Waals surface area contributed by atoms with Crippen molar-refractivity contribution < 1.29 is 0 Å². The van der Waals surface area contributed by atoms with Crippen LogP contribution in [0, 0.1) is 10.8 Å². The number of rotatable bonds is 3. The molecule has 2 nitrogen and oxygen atoms in total. The zero-order chi connectivity index (χ0) is 34.3. The van der Waals surface area contributed by atoms with Gasteiger partial charge in [0.2, 0.25) is 0 Å². The smallest absolute Gasteiger partial charge is 0.0726 e. The van der Waals surface area contributed by atoms with Crippen LogP contribution in [0.4, 0.5) is 0 Å². The van der Waals surface area contributed by atoms with Crippen LogP contribution in [0.2, 0.25) is 0 Å². The van der Waals surface area contributed by atoms with E-state index in [0.717, 1.165) is 53.2 Å². The largest absolute Gasteiger partial charge is 0.252 e. The van der Waals surface area contributed by atoms with Crippen LogP contribution in [-0.4, -0.2) is 11.4 Å². The molecule has 50 heavy (non-hydrogen) atoms. The third-order valence-corrected chi connectivity index (χ3v) is 17.8. The maximum Gasteiger partial charge on any atom is 0.0726 e. The van der Waals surface area contributed by atoms with E-state index in [9.17, 15) is 0 Å². The molecule has 0 radical (unpaired) electrons. The number of hydrogen-bond donors (Lipinski definition) is 0. The molecular formula is C45H39N2PS2. The number of thiophene rings is 1. The third kappa shape index (κ3) is 4.69. The first kappa shape index (κ1) is 31.7. The second kappa shape index (κ2) is 11.7. The SMILES string of the molecule is CC1(C)C2=N/C(=C(/c3ccccc3)c3ccc(s3)/C(c3ccccc3)=C3/C=CC(=N3)C(C)(C)C3=C4CCCC4=C1P3(=S)c1ccccc1)C=C2. The van der Waals surface area contributed by atoms with E-state index in [0.29, 0.717) is 0 Å². The Kier molecular flexibility index (Phi) is 7.41. The van der Waals surface area contributed by atoms with Crippen LogP contribution in [0.1, 0.15) is 67.8 Å². The Balaban J connectivity index is 1.40. The molecule has 246 valence electrons. The normalized spacial score (nSPS) is 24.2. The minimum absolute atomic E-state index is 0.370. The van der Waals surface area contributed by atoms with Crippen LogP contribution in [0.5, 0.6) is 0 Å². The summed E-state index contributed by atoms with van der Waals surface area (Å²) in [5, 5.41) is 4.14. The quantitative estimate of drug-likeness (QED) is 0.195. The average molecular weight is 703 g/mol. The molecule has 0 spiro atoms. The van der Waals surface area contributed by atoms with Gasteiger partial charge in [-0.1, -0.05) is 130 Å². The number of benzene rings is 3. The molecular weight excluding hydrogens is 664 g/mol. The standard InChI is InChI=1S/C45H39N2PS2/c1-44(2)38-27-23-34(46-38)40(29-15-8-5-9-16-29)36-25-26-37(50-36)41(30-17-10-6-11-18-30)35-24-28-39(47-35)45(3,4)43-33-22-14-21-32(33)42(44)48(43,49)31-19-12-7-13-20-31/h5-13,15-20,23-28H,14,21-22H2,1-4H3/b40-34-,41-35-. The Labute approximate surface area is 304 Å². The lowest BCUT2D eigenvalue weighted by Gasteiger charge is -2.40. The van der Waals surface area contributed by atoms with Gasteiger partial charge in [0.05, 0.1) is 22.8 Å². The Bertz CT molecular complexity index is 2250. The van der Waals surface area contributed by atoms with Crippen molar-refractivity contribution in [3.63, 3.8) is 0 Å². The highest BCUT2D eigenvalue weighted by molar-refractivity contribution is 8.22. The molecule has 4 aromatic rings. The van der Waals surface area contributed by atoms with Gasteiger partial charge in [0.15, 0.2) is 0 Å². The molecule has 1 fully saturated rings. The first-order chi connectivity index (χ1) is 24.2. The summed E-state index contributed by atoms with van der Waals surface area (Å²) in [5.74, 6) is 0. The molecule has 3 aromatic carbocycles. The number of nitrogens with zero attached hydrogens (tertiary/aromatic N) is 2. The van der Waals surface area contributed by atoms with E-state index in [1.54, 1.807) is 0 Å². The first-order valence-corrected chi connectivity index (χ1v) is 21.2. The molecule has 0 unspecified atom stereocenters. The molecule has 4 aliphatic heterocycles. The summed E-state index contributed by atoms with van der Waals surface area (Å²) in [6, 6.07) is 34.6. The van der Waals surface area contributed by atoms with E-state index in [1.807, 2.05) is 11.3 Å². The van der Waals surface area contributed by atoms with Crippen LogP contribution in [0.15, 0.2) is 171 Å². The number of hydrogen-bond acceptors (Lipinski definition) is 4. The summed E-state index contributed by atoms with van der Waals surface area (Å²) >= 11 is 9.11. The van der Waals surface area contributed by atoms with Gasteiger partial charge >= 0.3 is 0 Å². The zero-order valence-corrected chi connectivity index (χ0v) is 31.4. The van der Waals surface area contributed by atoms with Gasteiger partial charge in [0.25, 0.3) is 0 Å². The number of fused-ring (bicyclic) bond motifs is 7. The van der Waals surface area contributed by atoms with E-state index in [-0.39, 0.29) is 10.8 Å². The second-order valence-corrected chi connectivity index (χ2v) is 20.1. The highest BCUT2D eigenvalue weighted by atomic mass is 32.4. The predicted molar refractivity (Wildman–Crippen MR) is 218 cm³/mol. The van der Waals surface area contributed by atoms with E-state index in [2.05, 4.69) is 155 Å². The summed E-state index contributed by atoms with van der Waals surface area (Å²) in [4.78, 5) is 13.5. The van der Waals surface area contributed by atoms with Crippen LogP contribution >= 0.6 is 17.4 Å². The van der Waals surface area contributed by atoms with Gasteiger partial charge in [-0.3, -0.25) is 9.98 Å². The lowest BCUT2D eigenvalue weighted by molar-refractivity contribution is 0.651. The fourth-order valence-electron chi connectivity index (χ4n) is 8.79. The van der Waals surface area contributed by atoms with Crippen molar-refractivity contribution in [1.29, 1.82) is 0 Å². The molecule has 5 heterocycles. The van der Waals surface area contributed by atoms with Gasteiger partial charge in [-0.05, 0) is 93.9 Å². The van der Waals surface area contributed by atoms with E-state index in [4.69, 9.17) is 21.8 Å². The maximum atomic E-state index is 7.29. The van der Waals surface area contributed by atoms with Crippen molar-refractivity contribution >= 4 is 57.1 Å². The Hall–Kier alpha value is -4.21. The fraction of sp³-hybridized carbons (Fsp3) is 0.200. The van der Waals surface area contributed by atoms with Crippen molar-refractivity contribution in [2.24, 2.45) is 20.8 Å². The summed E-state index contributed by atoms with van der Waals surface area (Å²) in [6.07, 6.45) is 12.3. The van der Waals surface area contributed by atoms with Gasteiger partial charge in [0, 0.05) is 37.8 Å². The van der Waals surface area contributed by atoms with Crippen LogP contribution in [-0.2, 0) is 11.8 Å². The molecule has 5 heteroatoms. The molecule has 1 aliphatic carbocycles. The van der Waals surface area contributed by atoms with Crippen LogP contribution in [0.3, 0.4) is 0 Å². The zero-order valence-electron chi connectivity index (χ0n) is 28.9. The Morgan fingerprint density at radius 1 is 0.560 bits per heavy atom. The van der Waals surface area contributed by atoms with Crippen LogP contribution < -0.4 is 5.30 Å². The highest BCUT2D eigenvalue weighted by Gasteiger charge is 2.53. The Morgan fingerprint density at radius 3 is 1.42 bits per heavy atom. The molecule has 0 saturated heterocycles. The summed E-state index contributed by atoms with van der Waals surface area (Å²) in [6.45, 7) is 9.52. The maximum absolute atomic E-state index is 7.29. The van der Waals surface area contributed by atoms with Crippen molar-refractivity contribution in [2.45, 2.75) is 47.0 Å². The highest BCUT2D eigenvalue weighted by Crippen LogP contribution is 2.77. The summed E-state index contributed by atoms with van der Waals surface area (Å²) in [7, 11) is 0. The minimum atomic E-state index is -2.47. The van der Waals surface area contributed by atoms with Crippen molar-refractivity contribution in [2.75, 3.05) is 0 Å². The molecule has 0 N–H and O–H groups in total. The number of allylic oxidation sites excluding steroid dienone is 8. The molecule has 8 bridgehead atoms. The molecule has 1 aromatic heterocycles. The molecule has 5 aliphatic rings. The summed E-state index contributed by atoms with van der Waals surface area (Å²) < 4.78 is 0. The van der Waals surface area contributed by atoms with E-state index in [1.165, 1.54) is 48.0 Å². The molecule has 0 amide bonds.